The molecule has 2 aliphatic rings. The van der Waals surface area contributed by atoms with Gasteiger partial charge in [0.05, 0.1) is 6.26 Å². The molecule has 2 bridgehead atoms. The van der Waals surface area contributed by atoms with Crippen molar-refractivity contribution in [1.82, 2.24) is 9.47 Å². The van der Waals surface area contributed by atoms with Crippen molar-refractivity contribution in [3.63, 3.8) is 0 Å². The van der Waals surface area contributed by atoms with Gasteiger partial charge in [-0.05, 0) is 30.5 Å². The molecule has 4 heterocycles. The van der Waals surface area contributed by atoms with E-state index in [0.29, 0.717) is 31.3 Å². The highest BCUT2D eigenvalue weighted by Crippen LogP contribution is 2.35. The van der Waals surface area contributed by atoms with E-state index >= 15 is 0 Å². The van der Waals surface area contributed by atoms with Crippen molar-refractivity contribution in [2.24, 2.45) is 5.92 Å². The van der Waals surface area contributed by atoms with Crippen LogP contribution in [0.5, 0.6) is 0 Å². The van der Waals surface area contributed by atoms with Gasteiger partial charge in [-0.1, -0.05) is 6.07 Å². The Morgan fingerprint density at radius 1 is 1.14 bits per heavy atom. The van der Waals surface area contributed by atoms with E-state index in [1.807, 2.05) is 21.6 Å². The smallest absolute Gasteiger partial charge is 0.289 e. The molecule has 0 spiro atoms. The molecule has 0 radical (unpaired) electrons. The minimum absolute atomic E-state index is 0.0542. The number of rotatable bonds is 1. The predicted molar refractivity (Wildman–Crippen MR) is 76.2 cm³/mol. The van der Waals surface area contributed by atoms with Crippen LogP contribution in [0.1, 0.15) is 28.6 Å². The molecule has 4 rings (SSSR count). The zero-order valence-corrected chi connectivity index (χ0v) is 11.6. The quantitative estimate of drug-likeness (QED) is 0.801. The highest BCUT2D eigenvalue weighted by molar-refractivity contribution is 5.91. The predicted octanol–water partition coefficient (Wildman–Crippen LogP) is 1.70. The maximum absolute atomic E-state index is 12.4. The van der Waals surface area contributed by atoms with E-state index in [4.69, 9.17) is 4.42 Å². The molecule has 0 unspecified atom stereocenters. The van der Waals surface area contributed by atoms with Crippen molar-refractivity contribution < 1.29 is 9.21 Å². The summed E-state index contributed by atoms with van der Waals surface area (Å²) in [5, 5.41) is 0. The van der Waals surface area contributed by atoms with E-state index in [2.05, 4.69) is 0 Å². The van der Waals surface area contributed by atoms with Crippen LogP contribution in [0.2, 0.25) is 0 Å². The number of carbonyl (C=O) groups excluding carboxylic acids is 1. The van der Waals surface area contributed by atoms with E-state index in [9.17, 15) is 9.59 Å². The number of piperidine rings is 1. The molecule has 5 heteroatoms. The third-order valence-corrected chi connectivity index (χ3v) is 4.50. The molecule has 2 atom stereocenters. The average Bonchev–Trinajstić information content (AvgIpc) is 3.02. The lowest BCUT2D eigenvalue weighted by atomic mass is 9.83. The first-order valence-electron chi connectivity index (χ1n) is 7.25. The third-order valence-electron chi connectivity index (χ3n) is 4.50. The summed E-state index contributed by atoms with van der Waals surface area (Å²) in [4.78, 5) is 26.3. The molecule has 1 saturated heterocycles. The molecule has 21 heavy (non-hydrogen) atoms. The highest BCUT2D eigenvalue weighted by Gasteiger charge is 2.36. The van der Waals surface area contributed by atoms with Crippen molar-refractivity contribution in [3.8, 4) is 0 Å². The minimum atomic E-state index is -0.0542. The number of aromatic nitrogens is 1. The van der Waals surface area contributed by atoms with Crippen LogP contribution < -0.4 is 5.56 Å². The fourth-order valence-corrected chi connectivity index (χ4v) is 3.62. The van der Waals surface area contributed by atoms with Gasteiger partial charge in [-0.2, -0.15) is 0 Å². The van der Waals surface area contributed by atoms with Crippen molar-refractivity contribution in [1.29, 1.82) is 0 Å². The fourth-order valence-electron chi connectivity index (χ4n) is 3.62. The zero-order valence-electron chi connectivity index (χ0n) is 11.6. The van der Waals surface area contributed by atoms with Gasteiger partial charge in [-0.25, -0.2) is 0 Å². The SMILES string of the molecule is O=C(c1ccco1)N1C[C@H]2C[C@@H](C1)c1cccc(=O)n1C2. The highest BCUT2D eigenvalue weighted by atomic mass is 16.3. The maximum Gasteiger partial charge on any atom is 0.289 e. The van der Waals surface area contributed by atoms with Crippen LogP contribution in [-0.2, 0) is 6.54 Å². The molecule has 2 aromatic rings. The Hall–Kier alpha value is -2.30. The molecular weight excluding hydrogens is 268 g/mol. The van der Waals surface area contributed by atoms with Crippen LogP contribution in [0.15, 0.2) is 45.8 Å². The zero-order chi connectivity index (χ0) is 14.4. The molecule has 5 nitrogen and oxygen atoms in total. The number of furan rings is 1. The second kappa shape index (κ2) is 4.62. The standard InChI is InChI=1S/C16H16N2O3/c19-15-5-1-3-13-12-7-11(9-18(13)15)8-17(10-12)16(20)14-4-2-6-21-14/h1-6,11-12H,7-10H2/t11-,12+/m1/s1. The van der Waals surface area contributed by atoms with Crippen LogP contribution >= 0.6 is 0 Å². The van der Waals surface area contributed by atoms with Crippen LogP contribution in [0, 0.1) is 5.92 Å². The number of hydrogen-bond acceptors (Lipinski definition) is 3. The Balaban J connectivity index is 1.65. The summed E-state index contributed by atoms with van der Waals surface area (Å²) < 4.78 is 7.08. The first-order chi connectivity index (χ1) is 10.2. The Bertz CT molecular complexity index is 732. The summed E-state index contributed by atoms with van der Waals surface area (Å²) in [7, 11) is 0. The number of hydrogen-bond donors (Lipinski definition) is 0. The first-order valence-corrected chi connectivity index (χ1v) is 7.25. The van der Waals surface area contributed by atoms with Gasteiger partial charge in [0, 0.05) is 37.3 Å². The molecule has 0 saturated carbocycles. The van der Waals surface area contributed by atoms with Gasteiger partial charge in [-0.3, -0.25) is 9.59 Å². The second-order valence-electron chi connectivity index (χ2n) is 5.89. The average molecular weight is 284 g/mol. The number of carbonyl (C=O) groups is 1. The van der Waals surface area contributed by atoms with Crippen LogP contribution in [0.3, 0.4) is 0 Å². The van der Waals surface area contributed by atoms with Crippen LogP contribution in [0.4, 0.5) is 0 Å². The largest absolute Gasteiger partial charge is 0.459 e. The van der Waals surface area contributed by atoms with Crippen LogP contribution in [0.25, 0.3) is 0 Å². The lowest BCUT2D eigenvalue weighted by Gasteiger charge is -2.42. The number of pyridine rings is 1. The van der Waals surface area contributed by atoms with E-state index in [-0.39, 0.29) is 17.4 Å². The number of nitrogens with zero attached hydrogens (tertiary/aromatic N) is 2. The fraction of sp³-hybridized carbons (Fsp3) is 0.375. The van der Waals surface area contributed by atoms with Gasteiger partial charge in [0.25, 0.3) is 11.5 Å². The lowest BCUT2D eigenvalue weighted by Crippen LogP contribution is -2.49. The minimum Gasteiger partial charge on any atom is -0.459 e. The molecule has 1 fully saturated rings. The maximum atomic E-state index is 12.4. The Labute approximate surface area is 121 Å². The number of likely N-dealkylation sites (tertiary alicyclic amines) is 1. The number of fused-ring (bicyclic) bond motifs is 4. The molecule has 0 aromatic carbocycles. The summed E-state index contributed by atoms with van der Waals surface area (Å²) in [5.74, 6) is 0.919. The van der Waals surface area contributed by atoms with Crippen LogP contribution in [-0.4, -0.2) is 28.5 Å². The van der Waals surface area contributed by atoms with Gasteiger partial charge in [0.2, 0.25) is 0 Å². The summed E-state index contributed by atoms with van der Waals surface area (Å²) >= 11 is 0. The lowest BCUT2D eigenvalue weighted by molar-refractivity contribution is 0.0564. The molecule has 2 aromatic heterocycles. The van der Waals surface area contributed by atoms with Crippen molar-refractivity contribution >= 4 is 5.91 Å². The molecule has 2 aliphatic heterocycles. The Morgan fingerprint density at radius 3 is 2.86 bits per heavy atom. The van der Waals surface area contributed by atoms with Gasteiger partial charge in [0.15, 0.2) is 5.76 Å². The van der Waals surface area contributed by atoms with Gasteiger partial charge in [0.1, 0.15) is 0 Å². The van der Waals surface area contributed by atoms with E-state index in [1.54, 1.807) is 18.2 Å². The summed E-state index contributed by atoms with van der Waals surface area (Å²) in [6, 6.07) is 8.85. The van der Waals surface area contributed by atoms with Crippen molar-refractivity contribution in [2.75, 3.05) is 13.1 Å². The first kappa shape index (κ1) is 12.4. The van der Waals surface area contributed by atoms with E-state index < -0.39 is 0 Å². The van der Waals surface area contributed by atoms with E-state index in [1.165, 1.54) is 6.26 Å². The van der Waals surface area contributed by atoms with Crippen molar-refractivity contribution in [2.45, 2.75) is 18.9 Å². The third kappa shape index (κ3) is 2.00. The van der Waals surface area contributed by atoms with Gasteiger partial charge < -0.3 is 13.9 Å². The Morgan fingerprint density at radius 2 is 2.05 bits per heavy atom. The van der Waals surface area contributed by atoms with Crippen molar-refractivity contribution in [3.05, 3.63) is 58.4 Å². The molecule has 1 amide bonds. The molecular formula is C16H16N2O3. The monoisotopic (exact) mass is 284 g/mol. The molecule has 0 N–H and O–H groups in total. The van der Waals surface area contributed by atoms with Gasteiger partial charge >= 0.3 is 0 Å². The molecule has 0 aliphatic carbocycles. The summed E-state index contributed by atoms with van der Waals surface area (Å²) in [6.45, 7) is 2.05. The topological polar surface area (TPSA) is 55.5 Å². The van der Waals surface area contributed by atoms with Gasteiger partial charge in [-0.15, -0.1) is 0 Å². The second-order valence-corrected chi connectivity index (χ2v) is 5.89. The number of amides is 1. The normalized spacial score (nSPS) is 23.7. The van der Waals surface area contributed by atoms with E-state index in [0.717, 1.165) is 12.1 Å². The summed E-state index contributed by atoms with van der Waals surface area (Å²) in [6.07, 6.45) is 2.57. The molecule has 108 valence electrons. The Kier molecular flexibility index (Phi) is 2.74. The summed E-state index contributed by atoms with van der Waals surface area (Å²) in [5.41, 5.74) is 1.11.